The van der Waals surface area contributed by atoms with Crippen LogP contribution in [0.3, 0.4) is 0 Å². The molecule has 71 heavy (non-hydrogen) atoms. The summed E-state index contributed by atoms with van der Waals surface area (Å²) in [4.78, 5) is 2.39. The lowest BCUT2D eigenvalue weighted by Gasteiger charge is -2.34. The van der Waals surface area contributed by atoms with Gasteiger partial charge in [-0.1, -0.05) is 225 Å². The maximum absolute atomic E-state index is 4.89. The molecule has 0 spiro atoms. The van der Waals surface area contributed by atoms with Crippen molar-refractivity contribution in [1.82, 2.24) is 0 Å². The average Bonchev–Trinajstić information content (AvgIpc) is 3.45. The van der Waals surface area contributed by atoms with Gasteiger partial charge in [0.05, 0.1) is 0 Å². The van der Waals surface area contributed by atoms with Gasteiger partial charge < -0.3 is 4.90 Å². The largest absolute Gasteiger partial charge is 0.311 e. The number of hydrogen-bond donors (Lipinski definition) is 0. The normalized spacial score (nSPS) is 16.5. The van der Waals surface area contributed by atoms with Crippen LogP contribution in [0.1, 0.15) is 68.9 Å². The molecule has 9 aromatic carbocycles. The molecule has 0 N–H and O–H groups in total. The summed E-state index contributed by atoms with van der Waals surface area (Å²) in [5.41, 5.74) is 18.1. The first kappa shape index (κ1) is 45.6. The summed E-state index contributed by atoms with van der Waals surface area (Å²) in [7, 11) is -2.63. The summed E-state index contributed by atoms with van der Waals surface area (Å²) >= 11 is 0. The number of allylic oxidation sites excluding steroid dienone is 5. The molecule has 0 saturated heterocycles. The van der Waals surface area contributed by atoms with Crippen LogP contribution in [-0.4, -0.2) is 8.07 Å². The Bertz CT molecular complexity index is 3090. The molecule has 0 aliphatic heterocycles. The molecule has 1 saturated carbocycles. The zero-order chi connectivity index (χ0) is 47.8. The molecule has 11 rings (SSSR count). The van der Waals surface area contributed by atoms with E-state index in [0.717, 1.165) is 49.2 Å². The number of anilines is 3. The van der Waals surface area contributed by atoms with Gasteiger partial charge in [0.1, 0.15) is 0 Å². The van der Waals surface area contributed by atoms with Crippen LogP contribution in [-0.2, 0) is 0 Å². The first-order valence-electron chi connectivity index (χ1n) is 25.8. The van der Waals surface area contributed by atoms with E-state index in [4.69, 9.17) is 6.58 Å². The third-order valence-electron chi connectivity index (χ3n) is 15.1. The van der Waals surface area contributed by atoms with E-state index in [1.54, 1.807) is 5.57 Å². The van der Waals surface area contributed by atoms with Crippen molar-refractivity contribution in [2.75, 3.05) is 4.90 Å². The van der Waals surface area contributed by atoms with Gasteiger partial charge in [-0.25, -0.2) is 0 Å². The van der Waals surface area contributed by atoms with E-state index >= 15 is 0 Å². The van der Waals surface area contributed by atoms with Crippen LogP contribution >= 0.6 is 0 Å². The second-order valence-corrected chi connectivity index (χ2v) is 23.1. The number of nitrogens with zero attached hydrogens (tertiary/aromatic N) is 1. The fraction of sp³-hybridized carbons (Fsp3) is 0.130. The monoisotopic (exact) mass is 931 g/mol. The van der Waals surface area contributed by atoms with Gasteiger partial charge in [0.15, 0.2) is 8.07 Å². The highest BCUT2D eigenvalue weighted by Crippen LogP contribution is 2.45. The zero-order valence-electron chi connectivity index (χ0n) is 40.7. The Morgan fingerprint density at radius 1 is 0.268 bits per heavy atom. The third kappa shape index (κ3) is 9.36. The third-order valence-corrected chi connectivity index (χ3v) is 19.9. The Balaban J connectivity index is 0.999. The molecule has 0 atom stereocenters. The molecule has 2 heteroatoms. The summed E-state index contributed by atoms with van der Waals surface area (Å²) in [5.74, 6) is 0. The van der Waals surface area contributed by atoms with Crippen molar-refractivity contribution >= 4 is 57.0 Å². The molecular weight excluding hydrogens is 871 g/mol. The molecule has 0 aromatic heterocycles. The number of hydrogen-bond acceptors (Lipinski definition) is 1. The number of rotatable bonds is 11. The van der Waals surface area contributed by atoms with Crippen molar-refractivity contribution in [1.29, 1.82) is 0 Å². The van der Waals surface area contributed by atoms with Crippen LogP contribution in [0.25, 0.3) is 33.4 Å². The van der Waals surface area contributed by atoms with Gasteiger partial charge in [-0.05, 0) is 170 Å². The van der Waals surface area contributed by atoms with Crippen LogP contribution in [0, 0.1) is 0 Å². The molecule has 0 amide bonds. The Hall–Kier alpha value is -7.78. The van der Waals surface area contributed by atoms with E-state index in [0.29, 0.717) is 0 Å². The minimum absolute atomic E-state index is 1.02. The van der Waals surface area contributed by atoms with Crippen LogP contribution < -0.4 is 25.6 Å². The highest BCUT2D eigenvalue weighted by atomic mass is 28.3. The second kappa shape index (κ2) is 21.1. The van der Waals surface area contributed by atoms with Crippen molar-refractivity contribution in [2.45, 2.75) is 57.8 Å². The van der Waals surface area contributed by atoms with E-state index in [1.165, 1.54) is 102 Å². The SMILES string of the molecule is C=C1CCCCC/C(c2ccc([Si](c3ccccc3)(c3ccccc3)c3ccccc3)cc2)=C2/CCCC/C2=C/1c1ccc(N(c2ccc(-c3ccccc3)cc2)c2ccc(-c3ccccc3)cc2)cc1. The van der Waals surface area contributed by atoms with Crippen molar-refractivity contribution in [3.05, 3.63) is 283 Å². The Kier molecular flexibility index (Phi) is 13.5. The molecule has 0 radical (unpaired) electrons. The molecule has 1 nitrogen and oxygen atoms in total. The van der Waals surface area contributed by atoms with E-state index in [9.17, 15) is 0 Å². The molecule has 1 fully saturated rings. The molecular formula is C69H61NSi. The number of fused-ring (bicyclic) bond motifs is 1. The van der Waals surface area contributed by atoms with Crippen LogP contribution in [0.5, 0.6) is 0 Å². The Labute approximate surface area is 422 Å². The van der Waals surface area contributed by atoms with Gasteiger partial charge in [-0.15, -0.1) is 0 Å². The highest BCUT2D eigenvalue weighted by molar-refractivity contribution is 7.19. The lowest BCUT2D eigenvalue weighted by molar-refractivity contribution is 0.662. The molecule has 0 heterocycles. The number of benzene rings is 9. The highest BCUT2D eigenvalue weighted by Gasteiger charge is 2.41. The minimum Gasteiger partial charge on any atom is -0.311 e. The zero-order valence-corrected chi connectivity index (χ0v) is 41.7. The standard InChI is InChI=1S/C69H61NSi/c1-52-22-8-2-19-33-66(57-42-50-65(51-43-57)71(62-27-13-5-14-28-62,63-29-15-6-16-30-63)64-31-17-7-18-32-64)67-34-20-21-35-68(67)69(52)58-40-48-61(49-41-58)70(59-44-36-55(37-45-59)53-23-9-3-10-24-53)60-46-38-56(39-47-60)54-25-11-4-12-26-54/h3-7,9-18,23-32,36-51H,1-2,8,19-22,33-35H2/b67-66+,69-68+. The van der Waals surface area contributed by atoms with E-state index in [-0.39, 0.29) is 0 Å². The summed E-state index contributed by atoms with van der Waals surface area (Å²) in [5, 5.41) is 5.63. The van der Waals surface area contributed by atoms with Crippen molar-refractivity contribution < 1.29 is 0 Å². The van der Waals surface area contributed by atoms with E-state index < -0.39 is 8.07 Å². The second-order valence-electron chi connectivity index (χ2n) is 19.3. The van der Waals surface area contributed by atoms with Gasteiger partial charge in [0.25, 0.3) is 0 Å². The average molecular weight is 932 g/mol. The lowest BCUT2D eigenvalue weighted by atomic mass is 9.76. The van der Waals surface area contributed by atoms with Gasteiger partial charge in [-0.2, -0.15) is 0 Å². The predicted octanol–water partition coefficient (Wildman–Crippen LogP) is 16.2. The van der Waals surface area contributed by atoms with Gasteiger partial charge >= 0.3 is 0 Å². The summed E-state index contributed by atoms with van der Waals surface area (Å²) in [6.45, 7) is 4.89. The summed E-state index contributed by atoms with van der Waals surface area (Å²) in [6.07, 6.45) is 10.3. The van der Waals surface area contributed by atoms with Crippen molar-refractivity contribution in [2.24, 2.45) is 0 Å². The van der Waals surface area contributed by atoms with Crippen LogP contribution in [0.4, 0.5) is 17.1 Å². The van der Waals surface area contributed by atoms with E-state index in [1.807, 2.05) is 0 Å². The molecule has 0 unspecified atom stereocenters. The minimum atomic E-state index is -2.63. The topological polar surface area (TPSA) is 3.24 Å². The maximum atomic E-state index is 4.89. The lowest BCUT2D eigenvalue weighted by Crippen LogP contribution is -2.74. The van der Waals surface area contributed by atoms with Crippen molar-refractivity contribution in [3.63, 3.8) is 0 Å². The smallest absolute Gasteiger partial charge is 0.179 e. The molecule has 0 bridgehead atoms. The summed E-state index contributed by atoms with van der Waals surface area (Å²) < 4.78 is 0. The maximum Gasteiger partial charge on any atom is 0.179 e. The molecule has 346 valence electrons. The van der Waals surface area contributed by atoms with Gasteiger partial charge in [0.2, 0.25) is 0 Å². The quantitative estimate of drug-likeness (QED) is 0.0923. The van der Waals surface area contributed by atoms with Gasteiger partial charge in [-0.3, -0.25) is 0 Å². The molecule has 2 aliphatic rings. The Morgan fingerprint density at radius 3 is 1.04 bits per heavy atom. The fourth-order valence-corrected chi connectivity index (χ4v) is 16.3. The predicted molar refractivity (Wildman–Crippen MR) is 307 cm³/mol. The fourth-order valence-electron chi connectivity index (χ4n) is 11.6. The molecule has 9 aromatic rings. The van der Waals surface area contributed by atoms with Crippen LogP contribution in [0.2, 0.25) is 0 Å². The van der Waals surface area contributed by atoms with Gasteiger partial charge in [0, 0.05) is 17.1 Å². The van der Waals surface area contributed by atoms with Crippen LogP contribution in [0.15, 0.2) is 272 Å². The first-order valence-corrected chi connectivity index (χ1v) is 27.8. The van der Waals surface area contributed by atoms with Crippen molar-refractivity contribution in [3.8, 4) is 22.3 Å². The first-order chi connectivity index (χ1) is 35.1. The molecule has 2 aliphatic carbocycles. The Morgan fingerprint density at radius 2 is 0.592 bits per heavy atom. The van der Waals surface area contributed by atoms with E-state index in [2.05, 4.69) is 254 Å². The summed E-state index contributed by atoms with van der Waals surface area (Å²) in [6, 6.07) is 92.5.